The van der Waals surface area contributed by atoms with Crippen LogP contribution in [0.3, 0.4) is 0 Å². The standard InChI is InChI=1S/C13H14ClN3OS/c1-8(5-9-3-2-4-19-9)17-13(18)10-6-12(15)16-7-11(10)14/h2-4,6-8H,5H2,1H3,(H2,15,16)(H,17,18). The van der Waals surface area contributed by atoms with Gasteiger partial charge in [0, 0.05) is 23.5 Å². The molecular weight excluding hydrogens is 282 g/mol. The molecule has 0 bridgehead atoms. The van der Waals surface area contributed by atoms with Gasteiger partial charge in [0.15, 0.2) is 0 Å². The molecule has 0 aromatic carbocycles. The third-order valence-electron chi connectivity index (χ3n) is 2.59. The Morgan fingerprint density at radius 3 is 3.11 bits per heavy atom. The Morgan fingerprint density at radius 2 is 2.42 bits per heavy atom. The molecule has 19 heavy (non-hydrogen) atoms. The maximum absolute atomic E-state index is 12.1. The van der Waals surface area contributed by atoms with Gasteiger partial charge in [0.2, 0.25) is 0 Å². The van der Waals surface area contributed by atoms with Gasteiger partial charge in [-0.2, -0.15) is 0 Å². The summed E-state index contributed by atoms with van der Waals surface area (Å²) in [4.78, 5) is 17.1. The van der Waals surface area contributed by atoms with E-state index in [1.807, 2.05) is 24.4 Å². The van der Waals surface area contributed by atoms with E-state index in [0.29, 0.717) is 10.6 Å². The van der Waals surface area contributed by atoms with Gasteiger partial charge < -0.3 is 11.1 Å². The summed E-state index contributed by atoms with van der Waals surface area (Å²) < 4.78 is 0. The second kappa shape index (κ2) is 6.04. The summed E-state index contributed by atoms with van der Waals surface area (Å²) in [6.45, 7) is 1.95. The second-order valence-corrected chi connectivity index (χ2v) is 5.69. The van der Waals surface area contributed by atoms with Crippen LogP contribution in [-0.2, 0) is 6.42 Å². The summed E-state index contributed by atoms with van der Waals surface area (Å²) >= 11 is 7.61. The van der Waals surface area contributed by atoms with Gasteiger partial charge in [0.1, 0.15) is 5.82 Å². The molecule has 0 fully saturated rings. The zero-order valence-electron chi connectivity index (χ0n) is 10.4. The molecule has 2 heterocycles. The molecule has 4 nitrogen and oxygen atoms in total. The minimum Gasteiger partial charge on any atom is -0.384 e. The first-order valence-electron chi connectivity index (χ1n) is 5.80. The van der Waals surface area contributed by atoms with Crippen LogP contribution < -0.4 is 11.1 Å². The summed E-state index contributed by atoms with van der Waals surface area (Å²) in [5, 5.41) is 5.22. The molecule has 6 heteroatoms. The summed E-state index contributed by atoms with van der Waals surface area (Å²) in [5.74, 6) is 0.0450. The molecule has 0 aliphatic carbocycles. The van der Waals surface area contributed by atoms with Crippen molar-refractivity contribution in [3.8, 4) is 0 Å². The number of amides is 1. The Balaban J connectivity index is 2.02. The number of hydrogen-bond acceptors (Lipinski definition) is 4. The van der Waals surface area contributed by atoms with Crippen molar-refractivity contribution in [2.24, 2.45) is 0 Å². The smallest absolute Gasteiger partial charge is 0.253 e. The van der Waals surface area contributed by atoms with Crippen LogP contribution in [-0.4, -0.2) is 16.9 Å². The topological polar surface area (TPSA) is 68.0 Å². The molecule has 1 unspecified atom stereocenters. The number of nitrogens with two attached hydrogens (primary N) is 1. The monoisotopic (exact) mass is 295 g/mol. The van der Waals surface area contributed by atoms with E-state index in [1.54, 1.807) is 11.3 Å². The lowest BCUT2D eigenvalue weighted by molar-refractivity contribution is 0.0940. The molecule has 2 rings (SSSR count). The van der Waals surface area contributed by atoms with E-state index in [0.717, 1.165) is 6.42 Å². The van der Waals surface area contributed by atoms with Crippen molar-refractivity contribution in [3.05, 3.63) is 45.2 Å². The van der Waals surface area contributed by atoms with Crippen molar-refractivity contribution in [2.75, 3.05) is 5.73 Å². The van der Waals surface area contributed by atoms with E-state index in [2.05, 4.69) is 10.3 Å². The van der Waals surface area contributed by atoms with E-state index in [9.17, 15) is 4.79 Å². The molecule has 0 aliphatic heterocycles. The van der Waals surface area contributed by atoms with Crippen molar-refractivity contribution in [2.45, 2.75) is 19.4 Å². The van der Waals surface area contributed by atoms with Crippen molar-refractivity contribution in [1.82, 2.24) is 10.3 Å². The number of hydrogen-bond donors (Lipinski definition) is 2. The first kappa shape index (κ1) is 13.8. The van der Waals surface area contributed by atoms with Crippen molar-refractivity contribution >= 4 is 34.7 Å². The molecule has 3 N–H and O–H groups in total. The van der Waals surface area contributed by atoms with Gasteiger partial charge in [-0.3, -0.25) is 4.79 Å². The number of anilines is 1. The molecule has 100 valence electrons. The van der Waals surface area contributed by atoms with E-state index in [-0.39, 0.29) is 17.8 Å². The summed E-state index contributed by atoms with van der Waals surface area (Å²) in [6.07, 6.45) is 2.18. The summed E-state index contributed by atoms with van der Waals surface area (Å²) in [6, 6.07) is 5.55. The molecule has 0 spiro atoms. The van der Waals surface area contributed by atoms with Crippen LogP contribution in [0.5, 0.6) is 0 Å². The predicted molar refractivity (Wildman–Crippen MR) is 78.6 cm³/mol. The molecule has 0 radical (unpaired) electrons. The maximum Gasteiger partial charge on any atom is 0.253 e. The predicted octanol–water partition coefficient (Wildman–Crippen LogP) is 2.74. The van der Waals surface area contributed by atoms with Gasteiger partial charge in [-0.15, -0.1) is 11.3 Å². The highest BCUT2D eigenvalue weighted by atomic mass is 35.5. The number of pyridine rings is 1. The number of carbonyl (C=O) groups is 1. The average Bonchev–Trinajstić information content (AvgIpc) is 2.84. The van der Waals surface area contributed by atoms with Gasteiger partial charge in [-0.05, 0) is 24.4 Å². The third-order valence-corrected chi connectivity index (χ3v) is 3.79. The molecule has 0 aliphatic rings. The summed E-state index contributed by atoms with van der Waals surface area (Å²) in [7, 11) is 0. The highest BCUT2D eigenvalue weighted by molar-refractivity contribution is 7.09. The van der Waals surface area contributed by atoms with Crippen molar-refractivity contribution < 1.29 is 4.79 Å². The Bertz CT molecular complexity index is 571. The molecule has 0 saturated heterocycles. The van der Waals surface area contributed by atoms with Gasteiger partial charge in [0.25, 0.3) is 5.91 Å². The Hall–Kier alpha value is -1.59. The molecule has 2 aromatic heterocycles. The Labute approximate surface area is 120 Å². The van der Waals surface area contributed by atoms with Crippen molar-refractivity contribution in [1.29, 1.82) is 0 Å². The lowest BCUT2D eigenvalue weighted by atomic mass is 10.2. The highest BCUT2D eigenvalue weighted by Gasteiger charge is 2.14. The van der Waals surface area contributed by atoms with E-state index >= 15 is 0 Å². The number of nitrogen functional groups attached to an aromatic ring is 1. The molecular formula is C13H14ClN3OS. The van der Waals surface area contributed by atoms with Crippen LogP contribution in [0.2, 0.25) is 5.02 Å². The van der Waals surface area contributed by atoms with Gasteiger partial charge in [0.05, 0.1) is 10.6 Å². The number of halogens is 1. The largest absolute Gasteiger partial charge is 0.384 e. The minimum atomic E-state index is -0.233. The first-order chi connectivity index (χ1) is 9.06. The number of aromatic nitrogens is 1. The fraction of sp³-hybridized carbons (Fsp3) is 0.231. The zero-order chi connectivity index (χ0) is 13.8. The quantitative estimate of drug-likeness (QED) is 0.911. The van der Waals surface area contributed by atoms with Gasteiger partial charge in [-0.25, -0.2) is 4.98 Å². The third kappa shape index (κ3) is 3.68. The lowest BCUT2D eigenvalue weighted by Crippen LogP contribution is -2.34. The SMILES string of the molecule is CC(Cc1cccs1)NC(=O)c1cc(N)ncc1Cl. The van der Waals surface area contributed by atoms with Crippen LogP contribution in [0.25, 0.3) is 0 Å². The maximum atomic E-state index is 12.1. The number of rotatable bonds is 4. The molecule has 2 aromatic rings. The number of nitrogens with zero attached hydrogens (tertiary/aromatic N) is 1. The number of thiophene rings is 1. The number of carbonyl (C=O) groups excluding carboxylic acids is 1. The van der Waals surface area contributed by atoms with Crippen LogP contribution in [0.1, 0.15) is 22.2 Å². The minimum absolute atomic E-state index is 0.0246. The molecule has 0 saturated carbocycles. The Kier molecular flexibility index (Phi) is 4.39. The fourth-order valence-electron chi connectivity index (χ4n) is 1.71. The van der Waals surface area contributed by atoms with Crippen LogP contribution in [0, 0.1) is 0 Å². The normalized spacial score (nSPS) is 12.1. The van der Waals surface area contributed by atoms with Crippen molar-refractivity contribution in [3.63, 3.8) is 0 Å². The van der Waals surface area contributed by atoms with Crippen LogP contribution in [0.15, 0.2) is 29.8 Å². The van der Waals surface area contributed by atoms with Gasteiger partial charge in [-0.1, -0.05) is 17.7 Å². The van der Waals surface area contributed by atoms with E-state index in [1.165, 1.54) is 17.1 Å². The zero-order valence-corrected chi connectivity index (χ0v) is 12.0. The fourth-order valence-corrected chi connectivity index (χ4v) is 2.74. The van der Waals surface area contributed by atoms with E-state index in [4.69, 9.17) is 17.3 Å². The van der Waals surface area contributed by atoms with E-state index < -0.39 is 0 Å². The average molecular weight is 296 g/mol. The molecule has 1 amide bonds. The molecule has 1 atom stereocenters. The lowest BCUT2D eigenvalue weighted by Gasteiger charge is -2.13. The summed E-state index contributed by atoms with van der Waals surface area (Å²) in [5.41, 5.74) is 5.91. The highest BCUT2D eigenvalue weighted by Crippen LogP contribution is 2.17. The van der Waals surface area contributed by atoms with Gasteiger partial charge >= 0.3 is 0 Å². The Morgan fingerprint density at radius 1 is 1.63 bits per heavy atom. The van der Waals surface area contributed by atoms with Crippen LogP contribution >= 0.6 is 22.9 Å². The van der Waals surface area contributed by atoms with Crippen LogP contribution in [0.4, 0.5) is 5.82 Å². The first-order valence-corrected chi connectivity index (χ1v) is 7.06. The second-order valence-electron chi connectivity index (χ2n) is 4.25. The number of nitrogens with one attached hydrogen (secondary N) is 1.